The van der Waals surface area contributed by atoms with E-state index in [1.807, 2.05) is 18.2 Å². The highest BCUT2D eigenvalue weighted by Crippen LogP contribution is 2.13. The number of amides is 1. The zero-order valence-corrected chi connectivity index (χ0v) is 11.2. The van der Waals surface area contributed by atoms with Gasteiger partial charge in [0.15, 0.2) is 0 Å². The molecule has 0 spiro atoms. The van der Waals surface area contributed by atoms with Gasteiger partial charge in [-0.1, -0.05) is 36.4 Å². The van der Waals surface area contributed by atoms with Crippen molar-refractivity contribution in [3.63, 3.8) is 0 Å². The Morgan fingerprint density at radius 3 is 2.63 bits per heavy atom. The summed E-state index contributed by atoms with van der Waals surface area (Å²) in [5.74, 6) is -0.477. The number of hydrogen-bond donors (Lipinski definition) is 0. The Balaban J connectivity index is 2.20. The fourth-order valence-electron chi connectivity index (χ4n) is 1.79. The summed E-state index contributed by atoms with van der Waals surface area (Å²) in [5, 5.41) is 1.08. The molecule has 5 heteroatoms. The maximum atomic E-state index is 12.1. The topological polar surface area (TPSA) is 54.5 Å². The Bertz CT molecular complexity index is 603. The molecule has 0 radical (unpaired) electrons. The Morgan fingerprint density at radius 2 is 1.89 bits per heavy atom. The van der Waals surface area contributed by atoms with Gasteiger partial charge in [-0.2, -0.15) is 0 Å². The molecule has 0 aromatic heterocycles. The van der Waals surface area contributed by atoms with Gasteiger partial charge >= 0.3 is 0 Å². The first-order valence-electron chi connectivity index (χ1n) is 6.06. The van der Waals surface area contributed by atoms with Gasteiger partial charge in [0.05, 0.1) is 5.41 Å². The van der Waals surface area contributed by atoms with E-state index in [0.717, 1.165) is 21.7 Å². The molecule has 0 N–H and O–H groups in total. The van der Waals surface area contributed by atoms with Crippen LogP contribution in [0.5, 0.6) is 0 Å². The second-order valence-corrected chi connectivity index (χ2v) is 5.96. The predicted molar refractivity (Wildman–Crippen MR) is 74.5 cm³/mol. The van der Waals surface area contributed by atoms with Crippen molar-refractivity contribution in [2.75, 3.05) is 6.54 Å². The van der Waals surface area contributed by atoms with Crippen LogP contribution in [0, 0.1) is 0 Å². The third kappa shape index (κ3) is 3.54. The highest BCUT2D eigenvalue weighted by Gasteiger charge is 2.23. The maximum absolute atomic E-state index is 12.1. The summed E-state index contributed by atoms with van der Waals surface area (Å²) in [5.41, 5.74) is 0.781. The highest BCUT2D eigenvalue weighted by atomic mass is 32.2. The van der Waals surface area contributed by atoms with Crippen molar-refractivity contribution in [1.82, 2.24) is 4.31 Å². The normalized spacial score (nSPS) is 16.8. The van der Waals surface area contributed by atoms with E-state index < -0.39 is 15.9 Å². The second kappa shape index (κ2) is 5.84. The third-order valence-electron chi connectivity index (χ3n) is 2.78. The SMILES string of the molecule is O=C1C=CCCCN1S(=O)(=O)/C=C/c1ccccc1. The Hall–Kier alpha value is -1.88. The lowest BCUT2D eigenvalue weighted by Gasteiger charge is -2.17. The molecule has 4 nitrogen and oxygen atoms in total. The summed E-state index contributed by atoms with van der Waals surface area (Å²) < 4.78 is 25.1. The first-order valence-corrected chi connectivity index (χ1v) is 7.56. The lowest BCUT2D eigenvalue weighted by Crippen LogP contribution is -2.34. The van der Waals surface area contributed by atoms with Crippen LogP contribution >= 0.6 is 0 Å². The molecule has 0 saturated heterocycles. The standard InChI is InChI=1S/C14H15NO3S/c16-14-9-5-2-6-11-15(14)19(17,18)12-10-13-7-3-1-4-8-13/h1,3-5,7-10,12H,2,6,11H2/b12-10+. The second-order valence-electron chi connectivity index (χ2n) is 4.21. The number of carbonyl (C=O) groups excluding carboxylic acids is 1. The molecule has 0 unspecified atom stereocenters. The van der Waals surface area contributed by atoms with Crippen LogP contribution in [-0.4, -0.2) is 25.2 Å². The Kier molecular flexibility index (Phi) is 4.16. The summed E-state index contributed by atoms with van der Waals surface area (Å²) in [4.78, 5) is 11.7. The van der Waals surface area contributed by atoms with E-state index in [4.69, 9.17) is 0 Å². The van der Waals surface area contributed by atoms with Crippen LogP contribution in [0.25, 0.3) is 6.08 Å². The van der Waals surface area contributed by atoms with Crippen LogP contribution in [0.1, 0.15) is 18.4 Å². The van der Waals surface area contributed by atoms with E-state index in [1.165, 1.54) is 12.2 Å². The molecule has 0 atom stereocenters. The predicted octanol–water partition coefficient (Wildman–Crippen LogP) is 2.17. The highest BCUT2D eigenvalue weighted by molar-refractivity contribution is 7.92. The molecule has 2 rings (SSSR count). The van der Waals surface area contributed by atoms with Crippen molar-refractivity contribution < 1.29 is 13.2 Å². The van der Waals surface area contributed by atoms with Crippen LogP contribution in [0.3, 0.4) is 0 Å². The zero-order chi connectivity index (χ0) is 13.7. The molecule has 0 aliphatic carbocycles. The number of nitrogens with zero attached hydrogens (tertiary/aromatic N) is 1. The van der Waals surface area contributed by atoms with Crippen molar-refractivity contribution in [1.29, 1.82) is 0 Å². The number of rotatable bonds is 3. The summed E-state index contributed by atoms with van der Waals surface area (Å²) in [7, 11) is -3.70. The summed E-state index contributed by atoms with van der Waals surface area (Å²) in [6, 6.07) is 9.11. The minimum atomic E-state index is -3.70. The summed E-state index contributed by atoms with van der Waals surface area (Å²) >= 11 is 0. The number of allylic oxidation sites excluding steroid dienone is 1. The van der Waals surface area contributed by atoms with Crippen molar-refractivity contribution in [3.8, 4) is 0 Å². The van der Waals surface area contributed by atoms with Crippen LogP contribution in [0.2, 0.25) is 0 Å². The average Bonchev–Trinajstić information content (AvgIpc) is 2.63. The van der Waals surface area contributed by atoms with Crippen LogP contribution < -0.4 is 0 Å². The molecule has 1 aromatic rings. The van der Waals surface area contributed by atoms with Gasteiger partial charge < -0.3 is 0 Å². The van der Waals surface area contributed by atoms with E-state index in [1.54, 1.807) is 18.2 Å². The van der Waals surface area contributed by atoms with E-state index >= 15 is 0 Å². The van der Waals surface area contributed by atoms with Gasteiger partial charge in [0.2, 0.25) is 0 Å². The van der Waals surface area contributed by atoms with Gasteiger partial charge in [0.25, 0.3) is 15.9 Å². The van der Waals surface area contributed by atoms with Gasteiger partial charge in [0.1, 0.15) is 0 Å². The first kappa shape index (κ1) is 13.5. The van der Waals surface area contributed by atoms with Crippen molar-refractivity contribution in [3.05, 3.63) is 53.5 Å². The zero-order valence-electron chi connectivity index (χ0n) is 10.4. The fourth-order valence-corrected chi connectivity index (χ4v) is 2.96. The summed E-state index contributed by atoms with van der Waals surface area (Å²) in [6.45, 7) is 0.229. The van der Waals surface area contributed by atoms with Crippen LogP contribution in [0.15, 0.2) is 47.9 Å². The molecule has 1 amide bonds. The largest absolute Gasteiger partial charge is 0.269 e. The fraction of sp³-hybridized carbons (Fsp3) is 0.214. The molecule has 1 heterocycles. The molecule has 19 heavy (non-hydrogen) atoms. The monoisotopic (exact) mass is 277 g/mol. The van der Waals surface area contributed by atoms with Crippen molar-refractivity contribution in [2.45, 2.75) is 12.8 Å². The van der Waals surface area contributed by atoms with E-state index in [0.29, 0.717) is 6.42 Å². The van der Waals surface area contributed by atoms with Crippen molar-refractivity contribution >= 4 is 22.0 Å². The lowest BCUT2D eigenvalue weighted by molar-refractivity contribution is -0.121. The third-order valence-corrected chi connectivity index (χ3v) is 4.23. The number of hydrogen-bond acceptors (Lipinski definition) is 3. The molecule has 0 fully saturated rings. The number of sulfonamides is 1. The molecule has 100 valence electrons. The van der Waals surface area contributed by atoms with E-state index in [2.05, 4.69) is 0 Å². The van der Waals surface area contributed by atoms with Gasteiger partial charge in [-0.3, -0.25) is 4.79 Å². The maximum Gasteiger partial charge on any atom is 0.259 e. The average molecular weight is 277 g/mol. The van der Waals surface area contributed by atoms with E-state index in [-0.39, 0.29) is 6.54 Å². The molecular formula is C14H15NO3S. The summed E-state index contributed by atoms with van der Waals surface area (Å²) in [6.07, 6.45) is 5.90. The molecule has 0 bridgehead atoms. The van der Waals surface area contributed by atoms with Gasteiger partial charge in [-0.05, 0) is 24.5 Å². The van der Waals surface area contributed by atoms with Crippen LogP contribution in [0.4, 0.5) is 0 Å². The molecule has 1 aliphatic heterocycles. The van der Waals surface area contributed by atoms with Crippen molar-refractivity contribution in [2.24, 2.45) is 0 Å². The van der Waals surface area contributed by atoms with Gasteiger partial charge in [-0.25, -0.2) is 12.7 Å². The lowest BCUT2D eigenvalue weighted by atomic mass is 10.2. The van der Waals surface area contributed by atoms with Crippen LogP contribution in [-0.2, 0) is 14.8 Å². The minimum Gasteiger partial charge on any atom is -0.269 e. The molecule has 0 saturated carbocycles. The Morgan fingerprint density at radius 1 is 1.16 bits per heavy atom. The Labute approximate surface area is 113 Å². The van der Waals surface area contributed by atoms with E-state index in [9.17, 15) is 13.2 Å². The molecular weight excluding hydrogens is 262 g/mol. The smallest absolute Gasteiger partial charge is 0.259 e. The number of carbonyl (C=O) groups is 1. The number of benzene rings is 1. The first-order chi connectivity index (χ1) is 9.09. The molecule has 1 aromatic carbocycles. The minimum absolute atomic E-state index is 0.229. The van der Waals surface area contributed by atoms with Gasteiger partial charge in [0, 0.05) is 12.6 Å². The molecule has 1 aliphatic rings. The van der Waals surface area contributed by atoms with Gasteiger partial charge in [-0.15, -0.1) is 0 Å². The quantitative estimate of drug-likeness (QED) is 0.850.